The van der Waals surface area contributed by atoms with E-state index in [1.54, 1.807) is 11.3 Å². The van der Waals surface area contributed by atoms with Crippen LogP contribution < -0.4 is 5.43 Å². The van der Waals surface area contributed by atoms with Crippen LogP contribution in [0.2, 0.25) is 0 Å². The summed E-state index contributed by atoms with van der Waals surface area (Å²) in [5, 5.41) is 4.46. The van der Waals surface area contributed by atoms with Gasteiger partial charge in [-0.15, -0.1) is 11.3 Å². The predicted octanol–water partition coefficient (Wildman–Crippen LogP) is 4.73. The number of carbonyl (C=O) groups excluding carboxylic acids is 1. The van der Waals surface area contributed by atoms with E-state index in [4.69, 9.17) is 0 Å². The second-order valence-electron chi connectivity index (χ2n) is 7.09. The summed E-state index contributed by atoms with van der Waals surface area (Å²) in [4.78, 5) is 14.8. The van der Waals surface area contributed by atoms with E-state index >= 15 is 0 Å². The minimum atomic E-state index is -0.0667. The number of aryl methyl sites for hydroxylation is 2. The van der Waals surface area contributed by atoms with E-state index in [0.29, 0.717) is 0 Å². The van der Waals surface area contributed by atoms with Crippen LogP contribution in [0.15, 0.2) is 35.4 Å². The van der Waals surface area contributed by atoms with Gasteiger partial charge in [-0.3, -0.25) is 4.79 Å². The molecule has 1 aromatic carbocycles. The zero-order chi connectivity index (χ0) is 17.2. The van der Waals surface area contributed by atoms with Crippen LogP contribution in [0.4, 0.5) is 0 Å². The van der Waals surface area contributed by atoms with Gasteiger partial charge in [-0.1, -0.05) is 37.6 Å². The van der Waals surface area contributed by atoms with Crippen LogP contribution in [-0.2, 0) is 19.3 Å². The summed E-state index contributed by atoms with van der Waals surface area (Å²) in [7, 11) is 0. The summed E-state index contributed by atoms with van der Waals surface area (Å²) >= 11 is 1.65. The van der Waals surface area contributed by atoms with Crippen molar-refractivity contribution in [1.29, 1.82) is 0 Å². The maximum atomic E-state index is 12.6. The van der Waals surface area contributed by atoms with Gasteiger partial charge < -0.3 is 0 Å². The van der Waals surface area contributed by atoms with Crippen molar-refractivity contribution >= 4 is 23.0 Å². The fraction of sp³-hybridized carbons (Fsp3) is 0.429. The second-order valence-corrected chi connectivity index (χ2v) is 8.22. The van der Waals surface area contributed by atoms with Crippen molar-refractivity contribution in [3.8, 4) is 0 Å². The van der Waals surface area contributed by atoms with Crippen LogP contribution in [0, 0.1) is 5.92 Å². The van der Waals surface area contributed by atoms with Crippen LogP contribution in [0.5, 0.6) is 0 Å². The van der Waals surface area contributed by atoms with E-state index in [1.807, 2.05) is 6.07 Å². The Morgan fingerprint density at radius 3 is 3.00 bits per heavy atom. The third-order valence-corrected chi connectivity index (χ3v) is 6.70. The summed E-state index contributed by atoms with van der Waals surface area (Å²) in [6.45, 7) is 2.26. The quantitative estimate of drug-likeness (QED) is 0.797. The van der Waals surface area contributed by atoms with Gasteiger partial charge in [0.25, 0.3) is 5.91 Å². The first-order valence-electron chi connectivity index (χ1n) is 9.31. The van der Waals surface area contributed by atoms with E-state index in [1.165, 1.54) is 34.4 Å². The van der Waals surface area contributed by atoms with Gasteiger partial charge in [-0.25, -0.2) is 5.43 Å². The van der Waals surface area contributed by atoms with Crippen LogP contribution in [0.3, 0.4) is 0 Å². The number of nitrogens with zero attached hydrogens (tertiary/aromatic N) is 1. The van der Waals surface area contributed by atoms with Gasteiger partial charge in [0.05, 0.1) is 10.6 Å². The van der Waals surface area contributed by atoms with Gasteiger partial charge in [0.1, 0.15) is 0 Å². The monoisotopic (exact) mass is 352 g/mol. The van der Waals surface area contributed by atoms with Crippen molar-refractivity contribution in [2.75, 3.05) is 0 Å². The third kappa shape index (κ3) is 3.40. The number of hydrazone groups is 1. The fourth-order valence-electron chi connectivity index (χ4n) is 3.95. The van der Waals surface area contributed by atoms with E-state index in [9.17, 15) is 4.79 Å². The molecule has 130 valence electrons. The molecule has 1 N–H and O–H groups in total. The molecule has 0 saturated heterocycles. The number of fused-ring (bicyclic) bond motifs is 2. The first-order valence-corrected chi connectivity index (χ1v) is 10.1. The number of benzene rings is 1. The summed E-state index contributed by atoms with van der Waals surface area (Å²) in [6, 6.07) is 10.5. The molecule has 0 fully saturated rings. The number of amides is 1. The highest BCUT2D eigenvalue weighted by Gasteiger charge is 2.22. The SMILES string of the molecule is CC[C@@H]1CCc2sc(C(=O)N/N=C3/CCCc4ccccc43)cc2C1. The molecule has 0 radical (unpaired) electrons. The van der Waals surface area contributed by atoms with Crippen LogP contribution in [-0.4, -0.2) is 11.6 Å². The Bertz CT molecular complexity index is 821. The average Bonchev–Trinajstić information content (AvgIpc) is 3.09. The van der Waals surface area contributed by atoms with Crippen molar-refractivity contribution in [2.24, 2.45) is 11.0 Å². The van der Waals surface area contributed by atoms with E-state index in [-0.39, 0.29) is 5.91 Å². The molecule has 2 aliphatic rings. The van der Waals surface area contributed by atoms with Crippen LogP contribution in [0.25, 0.3) is 0 Å². The number of hydrogen-bond acceptors (Lipinski definition) is 3. The molecule has 0 aliphatic heterocycles. The Balaban J connectivity index is 1.49. The number of carbonyl (C=O) groups is 1. The molecule has 0 bridgehead atoms. The highest BCUT2D eigenvalue weighted by molar-refractivity contribution is 7.14. The summed E-state index contributed by atoms with van der Waals surface area (Å²) in [5.74, 6) is 0.708. The molecule has 1 atom stereocenters. The number of nitrogens with one attached hydrogen (secondary N) is 1. The minimum Gasteiger partial charge on any atom is -0.266 e. The molecule has 1 aromatic heterocycles. The first kappa shape index (κ1) is 16.5. The van der Waals surface area contributed by atoms with Crippen molar-refractivity contribution in [2.45, 2.75) is 51.9 Å². The first-order chi connectivity index (χ1) is 12.2. The molecule has 4 heteroatoms. The summed E-state index contributed by atoms with van der Waals surface area (Å²) in [6.07, 6.45) is 7.84. The van der Waals surface area contributed by atoms with Crippen LogP contribution in [0.1, 0.15) is 63.8 Å². The van der Waals surface area contributed by atoms with E-state index in [0.717, 1.165) is 48.6 Å². The predicted molar refractivity (Wildman–Crippen MR) is 104 cm³/mol. The highest BCUT2D eigenvalue weighted by atomic mass is 32.1. The Hall–Kier alpha value is -1.94. The zero-order valence-corrected chi connectivity index (χ0v) is 15.5. The molecule has 2 aliphatic carbocycles. The Labute approximate surface area is 153 Å². The lowest BCUT2D eigenvalue weighted by Crippen LogP contribution is -2.21. The van der Waals surface area contributed by atoms with Crippen LogP contribution >= 0.6 is 11.3 Å². The Kier molecular flexibility index (Phi) is 4.71. The van der Waals surface area contributed by atoms with E-state index in [2.05, 4.69) is 41.7 Å². The molecule has 4 rings (SSSR count). The smallest absolute Gasteiger partial charge is 0.266 e. The number of thiophene rings is 1. The average molecular weight is 353 g/mol. The molecular formula is C21H24N2OS. The lowest BCUT2D eigenvalue weighted by Gasteiger charge is -2.19. The lowest BCUT2D eigenvalue weighted by atomic mass is 9.87. The fourth-order valence-corrected chi connectivity index (χ4v) is 5.05. The second kappa shape index (κ2) is 7.12. The molecule has 3 nitrogen and oxygen atoms in total. The lowest BCUT2D eigenvalue weighted by molar-refractivity contribution is 0.0958. The van der Waals surface area contributed by atoms with Gasteiger partial charge in [-0.05, 0) is 61.6 Å². The summed E-state index contributed by atoms with van der Waals surface area (Å²) < 4.78 is 0. The van der Waals surface area contributed by atoms with E-state index < -0.39 is 0 Å². The van der Waals surface area contributed by atoms with Crippen molar-refractivity contribution < 1.29 is 4.79 Å². The Morgan fingerprint density at radius 2 is 2.12 bits per heavy atom. The normalized spacial score (nSPS) is 20.8. The molecule has 0 unspecified atom stereocenters. The molecule has 1 heterocycles. The van der Waals surface area contributed by atoms with Crippen molar-refractivity contribution in [3.63, 3.8) is 0 Å². The van der Waals surface area contributed by atoms with Gasteiger partial charge in [0.15, 0.2) is 0 Å². The molecule has 2 aromatic rings. The third-order valence-electron chi connectivity index (χ3n) is 5.47. The molecule has 0 saturated carbocycles. The number of hydrogen-bond donors (Lipinski definition) is 1. The molecule has 0 spiro atoms. The molecule has 1 amide bonds. The molecular weight excluding hydrogens is 328 g/mol. The van der Waals surface area contributed by atoms with Crippen molar-refractivity contribution in [1.82, 2.24) is 5.43 Å². The van der Waals surface area contributed by atoms with Gasteiger partial charge in [0, 0.05) is 10.4 Å². The topological polar surface area (TPSA) is 41.5 Å². The maximum Gasteiger partial charge on any atom is 0.281 e. The summed E-state index contributed by atoms with van der Waals surface area (Å²) in [5.41, 5.74) is 7.70. The van der Waals surface area contributed by atoms with Gasteiger partial charge >= 0.3 is 0 Å². The van der Waals surface area contributed by atoms with Gasteiger partial charge in [-0.2, -0.15) is 5.10 Å². The zero-order valence-electron chi connectivity index (χ0n) is 14.7. The van der Waals surface area contributed by atoms with Crippen molar-refractivity contribution in [3.05, 3.63) is 56.8 Å². The maximum absolute atomic E-state index is 12.6. The number of rotatable bonds is 3. The minimum absolute atomic E-state index is 0.0667. The largest absolute Gasteiger partial charge is 0.281 e. The standard InChI is InChI=1S/C21H24N2OS/c1-2-14-10-11-19-16(12-14)13-20(25-19)21(24)23-22-18-9-5-7-15-6-3-4-8-17(15)18/h3-4,6,8,13-14H,2,5,7,9-12H2,1H3,(H,23,24)/b22-18-/t14-/m1/s1. The highest BCUT2D eigenvalue weighted by Crippen LogP contribution is 2.33. The van der Waals surface area contributed by atoms with Gasteiger partial charge in [0.2, 0.25) is 0 Å². The Morgan fingerprint density at radius 1 is 1.24 bits per heavy atom. The molecule has 25 heavy (non-hydrogen) atoms.